The van der Waals surface area contributed by atoms with Crippen molar-refractivity contribution >= 4 is 23.2 Å². The Morgan fingerprint density at radius 2 is 2.15 bits per heavy atom. The highest BCUT2D eigenvalue weighted by Gasteiger charge is 2.27. The van der Waals surface area contributed by atoms with Crippen LogP contribution in [0.1, 0.15) is 31.2 Å². The number of carbonyl (C=O) groups is 2. The summed E-state index contributed by atoms with van der Waals surface area (Å²) in [7, 11) is 0. The minimum Gasteiger partial charge on any atom is -0.328 e. The lowest BCUT2D eigenvalue weighted by molar-refractivity contribution is -0.119. The molecule has 1 aromatic carbocycles. The van der Waals surface area contributed by atoms with Crippen LogP contribution < -0.4 is 16.4 Å². The average molecular weight is 273 g/mol. The maximum Gasteiger partial charge on any atom is 0.227 e. The van der Waals surface area contributed by atoms with Crippen molar-refractivity contribution < 1.29 is 9.59 Å². The molecule has 1 aliphatic carbocycles. The minimum absolute atomic E-state index is 0.0285. The number of amides is 2. The first kappa shape index (κ1) is 13.1. The number of benzene rings is 1. The number of nitrogens with one attached hydrogen (secondary N) is 2. The highest BCUT2D eigenvalue weighted by Crippen LogP contribution is 2.28. The summed E-state index contributed by atoms with van der Waals surface area (Å²) in [6, 6.07) is 5.78. The van der Waals surface area contributed by atoms with E-state index in [4.69, 9.17) is 5.73 Å². The lowest BCUT2D eigenvalue weighted by Gasteiger charge is -2.18. The Morgan fingerprint density at radius 3 is 2.90 bits per heavy atom. The number of anilines is 2. The van der Waals surface area contributed by atoms with Crippen LogP contribution in [0.5, 0.6) is 0 Å². The highest BCUT2D eigenvalue weighted by molar-refractivity contribution is 5.96. The summed E-state index contributed by atoms with van der Waals surface area (Å²) >= 11 is 0. The molecule has 20 heavy (non-hydrogen) atoms. The van der Waals surface area contributed by atoms with Crippen molar-refractivity contribution in [3.8, 4) is 0 Å². The fraction of sp³-hybridized carbons (Fsp3) is 0.467. The Balaban J connectivity index is 1.69. The molecule has 5 heteroatoms. The third kappa shape index (κ3) is 2.67. The van der Waals surface area contributed by atoms with Gasteiger partial charge in [0.25, 0.3) is 0 Å². The van der Waals surface area contributed by atoms with E-state index >= 15 is 0 Å². The Kier molecular flexibility index (Phi) is 3.44. The van der Waals surface area contributed by atoms with Crippen molar-refractivity contribution in [1.29, 1.82) is 0 Å². The third-order valence-corrected chi connectivity index (χ3v) is 4.11. The monoisotopic (exact) mass is 273 g/mol. The summed E-state index contributed by atoms with van der Waals surface area (Å²) < 4.78 is 0. The zero-order valence-electron chi connectivity index (χ0n) is 11.3. The Hall–Kier alpha value is -1.88. The van der Waals surface area contributed by atoms with Gasteiger partial charge in [0.15, 0.2) is 0 Å². The van der Waals surface area contributed by atoms with Crippen LogP contribution in [0, 0.1) is 5.92 Å². The maximum absolute atomic E-state index is 12.1. The lowest BCUT2D eigenvalue weighted by atomic mass is 10.0. The number of aryl methyl sites for hydroxylation is 1. The van der Waals surface area contributed by atoms with Crippen LogP contribution in [0.4, 0.5) is 11.4 Å². The summed E-state index contributed by atoms with van der Waals surface area (Å²) in [5.74, 6) is 0.132. The lowest BCUT2D eigenvalue weighted by Crippen LogP contribution is -2.23. The molecular weight excluding hydrogens is 254 g/mol. The third-order valence-electron chi connectivity index (χ3n) is 4.11. The van der Waals surface area contributed by atoms with Crippen molar-refractivity contribution in [2.75, 3.05) is 10.6 Å². The molecule has 1 aromatic rings. The number of hydrogen-bond donors (Lipinski definition) is 3. The number of nitrogens with two attached hydrogens (primary N) is 1. The summed E-state index contributed by atoms with van der Waals surface area (Å²) in [5, 5.41) is 5.79. The van der Waals surface area contributed by atoms with Crippen molar-refractivity contribution in [2.45, 2.75) is 38.1 Å². The minimum atomic E-state index is 0.0285. The molecule has 2 atom stereocenters. The van der Waals surface area contributed by atoms with Crippen LogP contribution in [0.3, 0.4) is 0 Å². The Labute approximate surface area is 117 Å². The predicted molar refractivity (Wildman–Crippen MR) is 77.3 cm³/mol. The predicted octanol–water partition coefficient (Wildman–Crippen LogP) is 1.64. The van der Waals surface area contributed by atoms with E-state index in [-0.39, 0.29) is 23.8 Å². The van der Waals surface area contributed by atoms with Gasteiger partial charge < -0.3 is 16.4 Å². The van der Waals surface area contributed by atoms with E-state index in [0.29, 0.717) is 6.42 Å². The SMILES string of the molecule is NC1CCC(C(=O)Nc2ccc3c(c2)CCC(=O)N3)C1. The molecular formula is C15H19N3O2. The smallest absolute Gasteiger partial charge is 0.227 e. The van der Waals surface area contributed by atoms with Gasteiger partial charge in [0, 0.05) is 29.8 Å². The number of carbonyl (C=O) groups excluding carboxylic acids is 2. The van der Waals surface area contributed by atoms with Crippen LogP contribution in [-0.2, 0) is 16.0 Å². The Morgan fingerprint density at radius 1 is 1.30 bits per heavy atom. The molecule has 1 heterocycles. The van der Waals surface area contributed by atoms with Crippen LogP contribution >= 0.6 is 0 Å². The summed E-state index contributed by atoms with van der Waals surface area (Å²) in [5.41, 5.74) is 8.56. The summed E-state index contributed by atoms with van der Waals surface area (Å²) in [6.45, 7) is 0. The molecule has 1 fully saturated rings. The molecule has 2 aliphatic rings. The number of fused-ring (bicyclic) bond motifs is 1. The van der Waals surface area contributed by atoms with Crippen LogP contribution in [0.15, 0.2) is 18.2 Å². The molecule has 2 unspecified atom stereocenters. The molecule has 0 spiro atoms. The fourth-order valence-corrected chi connectivity index (χ4v) is 2.96. The molecule has 106 valence electrons. The first-order chi connectivity index (χ1) is 9.61. The van der Waals surface area contributed by atoms with Gasteiger partial charge in [-0.1, -0.05) is 0 Å². The van der Waals surface area contributed by atoms with Gasteiger partial charge in [0.2, 0.25) is 11.8 Å². The second-order valence-electron chi connectivity index (χ2n) is 5.68. The molecule has 3 rings (SSSR count). The van der Waals surface area contributed by atoms with Crippen molar-refractivity contribution in [1.82, 2.24) is 0 Å². The highest BCUT2D eigenvalue weighted by atomic mass is 16.2. The van der Waals surface area contributed by atoms with Crippen LogP contribution in [0.25, 0.3) is 0 Å². The molecule has 1 saturated carbocycles. The van der Waals surface area contributed by atoms with E-state index in [0.717, 1.165) is 42.6 Å². The molecule has 0 aromatic heterocycles. The van der Waals surface area contributed by atoms with E-state index in [2.05, 4.69) is 10.6 Å². The molecule has 0 bridgehead atoms. The normalized spacial score (nSPS) is 24.9. The van der Waals surface area contributed by atoms with Crippen molar-refractivity contribution in [2.24, 2.45) is 11.7 Å². The molecule has 2 amide bonds. The molecule has 4 N–H and O–H groups in total. The Bertz CT molecular complexity index is 556. The zero-order valence-corrected chi connectivity index (χ0v) is 11.3. The van der Waals surface area contributed by atoms with Gasteiger partial charge in [-0.3, -0.25) is 9.59 Å². The van der Waals surface area contributed by atoms with E-state index in [9.17, 15) is 9.59 Å². The second kappa shape index (κ2) is 5.25. The van der Waals surface area contributed by atoms with Gasteiger partial charge in [-0.15, -0.1) is 0 Å². The summed E-state index contributed by atoms with van der Waals surface area (Å²) in [6.07, 6.45) is 3.79. The fourth-order valence-electron chi connectivity index (χ4n) is 2.96. The number of hydrogen-bond acceptors (Lipinski definition) is 3. The molecule has 1 aliphatic heterocycles. The standard InChI is InChI=1S/C15H19N3O2/c16-11-3-1-10(7-11)15(20)17-12-4-5-13-9(8-12)2-6-14(19)18-13/h4-5,8,10-11H,1-3,6-7,16H2,(H,17,20)(H,18,19). The van der Waals surface area contributed by atoms with E-state index < -0.39 is 0 Å². The van der Waals surface area contributed by atoms with Crippen LogP contribution in [0.2, 0.25) is 0 Å². The summed E-state index contributed by atoms with van der Waals surface area (Å²) in [4.78, 5) is 23.4. The van der Waals surface area contributed by atoms with Gasteiger partial charge in [0.05, 0.1) is 0 Å². The van der Waals surface area contributed by atoms with Gasteiger partial charge >= 0.3 is 0 Å². The van der Waals surface area contributed by atoms with E-state index in [1.54, 1.807) is 0 Å². The van der Waals surface area contributed by atoms with Gasteiger partial charge in [-0.2, -0.15) is 0 Å². The van der Waals surface area contributed by atoms with E-state index in [1.165, 1.54) is 0 Å². The second-order valence-corrected chi connectivity index (χ2v) is 5.68. The zero-order chi connectivity index (χ0) is 14.1. The topological polar surface area (TPSA) is 84.2 Å². The number of rotatable bonds is 2. The quantitative estimate of drug-likeness (QED) is 0.765. The van der Waals surface area contributed by atoms with Crippen molar-refractivity contribution in [3.63, 3.8) is 0 Å². The largest absolute Gasteiger partial charge is 0.328 e. The first-order valence-electron chi connectivity index (χ1n) is 7.11. The average Bonchev–Trinajstić information content (AvgIpc) is 2.86. The molecule has 5 nitrogen and oxygen atoms in total. The molecule has 0 radical (unpaired) electrons. The first-order valence-corrected chi connectivity index (χ1v) is 7.11. The van der Waals surface area contributed by atoms with Gasteiger partial charge in [-0.25, -0.2) is 0 Å². The van der Waals surface area contributed by atoms with Crippen LogP contribution in [-0.4, -0.2) is 17.9 Å². The van der Waals surface area contributed by atoms with Crippen molar-refractivity contribution in [3.05, 3.63) is 23.8 Å². The molecule has 0 saturated heterocycles. The van der Waals surface area contributed by atoms with Gasteiger partial charge in [0.1, 0.15) is 0 Å². The maximum atomic E-state index is 12.1. The van der Waals surface area contributed by atoms with E-state index in [1.807, 2.05) is 18.2 Å². The van der Waals surface area contributed by atoms with Gasteiger partial charge in [-0.05, 0) is 49.4 Å².